The van der Waals surface area contributed by atoms with Crippen LogP contribution in [0.25, 0.3) is 0 Å². The maximum absolute atomic E-state index is 10.2. The van der Waals surface area contributed by atoms with Crippen molar-refractivity contribution in [1.29, 1.82) is 0 Å². The van der Waals surface area contributed by atoms with Crippen LogP contribution in [0.15, 0.2) is 0 Å². The second-order valence-electron chi connectivity index (χ2n) is 2.53. The van der Waals surface area contributed by atoms with E-state index in [1.807, 2.05) is 0 Å². The zero-order chi connectivity index (χ0) is 9.23. The molecule has 12 heavy (non-hydrogen) atoms. The maximum atomic E-state index is 10.2. The summed E-state index contributed by atoms with van der Waals surface area (Å²) in [6.07, 6.45) is 4.41. The normalized spacial score (nSPS) is 9.83. The average molecular weight is 176 g/mol. The number of hydrogen-bond donors (Lipinski definition) is 0. The van der Waals surface area contributed by atoms with Gasteiger partial charge in [-0.3, -0.25) is 4.89 Å². The summed E-state index contributed by atoms with van der Waals surface area (Å²) in [6, 6.07) is 0. The van der Waals surface area contributed by atoms with Gasteiger partial charge in [-0.2, -0.15) is 4.89 Å². The molecule has 0 aromatic heterocycles. The van der Waals surface area contributed by atoms with Crippen molar-refractivity contribution in [3.8, 4) is 0 Å². The minimum Gasteiger partial charge on any atom is -0.269 e. The predicted octanol–water partition coefficient (Wildman–Crippen LogP) is 1.99. The van der Waals surface area contributed by atoms with E-state index in [1.54, 1.807) is 0 Å². The van der Waals surface area contributed by atoms with Crippen LogP contribution in [0.4, 0.5) is 0 Å². The van der Waals surface area contributed by atoms with Crippen LogP contribution in [0.1, 0.15) is 39.5 Å². The van der Waals surface area contributed by atoms with Gasteiger partial charge < -0.3 is 0 Å². The molecular formula is C8H16O4. The molecule has 0 aromatic carbocycles. The minimum atomic E-state index is -0.511. The van der Waals surface area contributed by atoms with E-state index >= 15 is 0 Å². The molecule has 72 valence electrons. The van der Waals surface area contributed by atoms with E-state index in [0.717, 1.165) is 12.8 Å². The highest BCUT2D eigenvalue weighted by Crippen LogP contribution is 1.98. The Bertz CT molecular complexity index is 114. The first-order chi connectivity index (χ1) is 5.77. The third kappa shape index (κ3) is 9.39. The fourth-order valence-electron chi connectivity index (χ4n) is 0.694. The first-order valence-electron chi connectivity index (χ1n) is 4.24. The molecule has 0 aromatic rings. The van der Waals surface area contributed by atoms with E-state index in [4.69, 9.17) is 0 Å². The second-order valence-corrected chi connectivity index (χ2v) is 2.53. The quantitative estimate of drug-likeness (QED) is 0.338. The predicted molar refractivity (Wildman–Crippen MR) is 42.9 cm³/mol. The third-order valence-electron chi connectivity index (χ3n) is 1.28. The van der Waals surface area contributed by atoms with Gasteiger partial charge in [0.15, 0.2) is 0 Å². The van der Waals surface area contributed by atoms with Crippen LogP contribution in [0.2, 0.25) is 0 Å². The Morgan fingerprint density at radius 2 is 2.00 bits per heavy atom. The molecule has 0 radical (unpaired) electrons. The summed E-state index contributed by atoms with van der Waals surface area (Å²) in [4.78, 5) is 18.8. The lowest BCUT2D eigenvalue weighted by Crippen LogP contribution is -2.02. The fraction of sp³-hybridized carbons (Fsp3) is 0.875. The van der Waals surface area contributed by atoms with E-state index in [0.29, 0.717) is 6.61 Å². The molecule has 0 atom stereocenters. The number of hydrogen-bond acceptors (Lipinski definition) is 4. The molecule has 0 amide bonds. The van der Waals surface area contributed by atoms with Crippen molar-refractivity contribution in [3.63, 3.8) is 0 Å². The first-order valence-corrected chi connectivity index (χ1v) is 4.24. The lowest BCUT2D eigenvalue weighted by atomic mass is 10.2. The summed E-state index contributed by atoms with van der Waals surface area (Å²) in [6.45, 7) is 3.85. The smallest absolute Gasteiger partial charge is 0.269 e. The van der Waals surface area contributed by atoms with Gasteiger partial charge in [0.1, 0.15) is 0 Å². The highest BCUT2D eigenvalue weighted by atomic mass is 17.5. The summed E-state index contributed by atoms with van der Waals surface area (Å²) in [5.41, 5.74) is 0. The van der Waals surface area contributed by atoms with Crippen molar-refractivity contribution in [2.24, 2.45) is 0 Å². The molecule has 0 spiro atoms. The average Bonchev–Trinajstić information content (AvgIpc) is 2.02. The lowest BCUT2D eigenvalue weighted by Gasteiger charge is -1.99. The van der Waals surface area contributed by atoms with Crippen LogP contribution in [0.3, 0.4) is 0 Å². The molecule has 0 unspecified atom stereocenters. The molecule has 0 aliphatic carbocycles. The Morgan fingerprint density at radius 3 is 2.58 bits per heavy atom. The Balaban J connectivity index is 2.86. The standard InChI is InChI=1S/C8H16O4/c1-3-4-5-6-7-10-12-11-8(2)9/h3-7H2,1-2H3. The SMILES string of the molecule is CCCCCCOOOC(C)=O. The van der Waals surface area contributed by atoms with Crippen molar-refractivity contribution in [1.82, 2.24) is 0 Å². The van der Waals surface area contributed by atoms with Crippen LogP contribution in [-0.4, -0.2) is 12.6 Å². The molecule has 0 aliphatic rings. The summed E-state index contributed by atoms with van der Waals surface area (Å²) in [7, 11) is 0. The van der Waals surface area contributed by atoms with Gasteiger partial charge in [-0.05, 0) is 11.5 Å². The van der Waals surface area contributed by atoms with E-state index in [2.05, 4.69) is 21.7 Å². The molecular weight excluding hydrogens is 160 g/mol. The zero-order valence-electron chi connectivity index (χ0n) is 7.67. The van der Waals surface area contributed by atoms with E-state index < -0.39 is 5.97 Å². The third-order valence-corrected chi connectivity index (χ3v) is 1.28. The second kappa shape index (κ2) is 8.49. The highest BCUT2D eigenvalue weighted by molar-refractivity contribution is 5.65. The number of carbonyl (C=O) groups is 1. The molecule has 0 saturated carbocycles. The Morgan fingerprint density at radius 1 is 1.25 bits per heavy atom. The molecule has 0 rings (SSSR count). The van der Waals surface area contributed by atoms with E-state index in [9.17, 15) is 4.79 Å². The van der Waals surface area contributed by atoms with Gasteiger partial charge in [-0.25, -0.2) is 4.79 Å². The van der Waals surface area contributed by atoms with Crippen LogP contribution in [0, 0.1) is 0 Å². The van der Waals surface area contributed by atoms with Crippen LogP contribution < -0.4 is 0 Å². The summed E-state index contributed by atoms with van der Waals surface area (Å²) in [5.74, 6) is -0.511. The largest absolute Gasteiger partial charge is 0.342 e. The van der Waals surface area contributed by atoms with Gasteiger partial charge in [-0.1, -0.05) is 26.2 Å². The molecule has 0 fully saturated rings. The summed E-state index contributed by atoms with van der Waals surface area (Å²) >= 11 is 0. The Hall–Kier alpha value is -0.610. The van der Waals surface area contributed by atoms with Crippen molar-refractivity contribution in [2.45, 2.75) is 39.5 Å². The number of unbranched alkanes of at least 4 members (excludes halogenated alkanes) is 3. The molecule has 0 bridgehead atoms. The molecule has 4 heteroatoms. The molecule has 4 nitrogen and oxygen atoms in total. The van der Waals surface area contributed by atoms with Gasteiger partial charge in [0, 0.05) is 6.92 Å². The Labute approximate surface area is 72.7 Å². The summed E-state index contributed by atoms with van der Waals surface area (Å²) < 4.78 is 0. The van der Waals surface area contributed by atoms with Crippen LogP contribution >= 0.6 is 0 Å². The topological polar surface area (TPSA) is 44.8 Å². The van der Waals surface area contributed by atoms with Gasteiger partial charge in [0.25, 0.3) is 0 Å². The monoisotopic (exact) mass is 176 g/mol. The molecule has 0 saturated heterocycles. The van der Waals surface area contributed by atoms with Gasteiger partial charge in [-0.15, -0.1) is 0 Å². The fourth-order valence-corrected chi connectivity index (χ4v) is 0.694. The first kappa shape index (κ1) is 11.4. The van der Waals surface area contributed by atoms with E-state index in [1.165, 1.54) is 19.8 Å². The maximum Gasteiger partial charge on any atom is 0.342 e. The van der Waals surface area contributed by atoms with Gasteiger partial charge >= 0.3 is 5.97 Å². The van der Waals surface area contributed by atoms with E-state index in [-0.39, 0.29) is 0 Å². The zero-order valence-corrected chi connectivity index (χ0v) is 7.67. The van der Waals surface area contributed by atoms with Gasteiger partial charge in [0.05, 0.1) is 6.61 Å². The minimum absolute atomic E-state index is 0.466. The number of rotatable bonds is 7. The lowest BCUT2D eigenvalue weighted by molar-refractivity contribution is -0.486. The van der Waals surface area contributed by atoms with Crippen LogP contribution in [0.5, 0.6) is 0 Å². The van der Waals surface area contributed by atoms with Crippen molar-refractivity contribution >= 4 is 5.97 Å². The van der Waals surface area contributed by atoms with Crippen molar-refractivity contribution in [3.05, 3.63) is 0 Å². The van der Waals surface area contributed by atoms with Crippen LogP contribution in [-0.2, 0) is 19.6 Å². The van der Waals surface area contributed by atoms with Crippen molar-refractivity contribution in [2.75, 3.05) is 6.61 Å². The molecule has 0 heterocycles. The number of carbonyl (C=O) groups excluding carboxylic acids is 1. The van der Waals surface area contributed by atoms with Gasteiger partial charge in [0.2, 0.25) is 0 Å². The highest BCUT2D eigenvalue weighted by Gasteiger charge is 1.94. The molecule has 0 aliphatic heterocycles. The Kier molecular flexibility index (Phi) is 8.05. The summed E-state index contributed by atoms with van der Waals surface area (Å²) in [5, 5.41) is 4.13. The van der Waals surface area contributed by atoms with Crippen molar-refractivity contribution < 1.29 is 19.6 Å². The molecule has 0 N–H and O–H groups in total.